The maximum absolute atomic E-state index is 11.0. The molecule has 6 nitrogen and oxygen atoms in total. The first-order valence-corrected chi connectivity index (χ1v) is 5.82. The highest BCUT2D eigenvalue weighted by Gasteiger charge is 2.32. The van der Waals surface area contributed by atoms with Crippen molar-refractivity contribution in [1.82, 2.24) is 0 Å². The van der Waals surface area contributed by atoms with Crippen molar-refractivity contribution in [2.24, 2.45) is 0 Å². The average Bonchev–Trinajstić information content (AvgIpc) is 2.42. The standard InChI is InChI=1S/C8H12O6S/c1-6(2)3-12-8(9)14-7-4-13-15(10,11)5-7/h7H,1,3-5H2,2H3. The molecule has 86 valence electrons. The Bertz CT molecular complexity index is 357. The van der Waals surface area contributed by atoms with Crippen LogP contribution >= 0.6 is 0 Å². The SMILES string of the molecule is C=C(C)COC(=O)OC1COS(=O)(=O)C1. The molecule has 0 aromatic carbocycles. The zero-order valence-electron chi connectivity index (χ0n) is 8.26. The van der Waals surface area contributed by atoms with Crippen LogP contribution in [-0.4, -0.2) is 39.6 Å². The molecular formula is C8H12O6S. The Morgan fingerprint density at radius 2 is 2.27 bits per heavy atom. The van der Waals surface area contributed by atoms with E-state index in [2.05, 4.69) is 15.5 Å². The monoisotopic (exact) mass is 236 g/mol. The van der Waals surface area contributed by atoms with Gasteiger partial charge in [0.05, 0.1) is 0 Å². The minimum absolute atomic E-state index is 0.0547. The third kappa shape index (κ3) is 4.30. The van der Waals surface area contributed by atoms with Crippen molar-refractivity contribution in [3.05, 3.63) is 12.2 Å². The van der Waals surface area contributed by atoms with Gasteiger partial charge in [-0.05, 0) is 12.5 Å². The summed E-state index contributed by atoms with van der Waals surface area (Å²) >= 11 is 0. The second-order valence-corrected chi connectivity index (χ2v) is 4.93. The van der Waals surface area contributed by atoms with Crippen LogP contribution in [0.5, 0.6) is 0 Å². The molecule has 0 amide bonds. The minimum Gasteiger partial charge on any atom is -0.430 e. The van der Waals surface area contributed by atoms with Gasteiger partial charge in [0.25, 0.3) is 10.1 Å². The normalized spacial score (nSPS) is 23.4. The van der Waals surface area contributed by atoms with Crippen LogP contribution in [0.1, 0.15) is 6.92 Å². The second-order valence-electron chi connectivity index (χ2n) is 3.24. The van der Waals surface area contributed by atoms with Crippen molar-refractivity contribution in [3.8, 4) is 0 Å². The molecule has 1 unspecified atom stereocenters. The fourth-order valence-corrected chi connectivity index (χ4v) is 2.00. The van der Waals surface area contributed by atoms with Crippen molar-refractivity contribution in [1.29, 1.82) is 0 Å². The first kappa shape index (κ1) is 12.0. The molecule has 1 fully saturated rings. The second kappa shape index (κ2) is 4.63. The predicted molar refractivity (Wildman–Crippen MR) is 50.8 cm³/mol. The average molecular weight is 236 g/mol. The third-order valence-electron chi connectivity index (χ3n) is 1.52. The molecule has 1 saturated heterocycles. The van der Waals surface area contributed by atoms with Crippen molar-refractivity contribution in [2.45, 2.75) is 13.0 Å². The number of rotatable bonds is 3. The van der Waals surface area contributed by atoms with Gasteiger partial charge in [0, 0.05) is 0 Å². The predicted octanol–water partition coefficient (Wildman–Crippen LogP) is 0.444. The maximum Gasteiger partial charge on any atom is 0.508 e. The van der Waals surface area contributed by atoms with Gasteiger partial charge in [0.1, 0.15) is 25.1 Å². The van der Waals surface area contributed by atoms with E-state index in [1.165, 1.54) is 0 Å². The maximum atomic E-state index is 11.0. The number of ether oxygens (including phenoxy) is 2. The molecule has 1 heterocycles. The first-order chi connectivity index (χ1) is 6.89. The molecule has 0 aromatic rings. The Morgan fingerprint density at radius 3 is 2.73 bits per heavy atom. The zero-order chi connectivity index (χ0) is 11.5. The topological polar surface area (TPSA) is 78.9 Å². The molecule has 7 heteroatoms. The van der Waals surface area contributed by atoms with E-state index < -0.39 is 22.4 Å². The van der Waals surface area contributed by atoms with E-state index >= 15 is 0 Å². The Hall–Kier alpha value is -1.08. The van der Waals surface area contributed by atoms with Gasteiger partial charge in [0.2, 0.25) is 0 Å². The van der Waals surface area contributed by atoms with Crippen LogP contribution in [0.4, 0.5) is 4.79 Å². The summed E-state index contributed by atoms with van der Waals surface area (Å²) in [7, 11) is -3.52. The van der Waals surface area contributed by atoms with Gasteiger partial charge in [-0.1, -0.05) is 6.58 Å². The lowest BCUT2D eigenvalue weighted by Crippen LogP contribution is -2.22. The molecule has 0 aliphatic carbocycles. The Balaban J connectivity index is 2.31. The molecule has 0 aromatic heterocycles. The highest BCUT2D eigenvalue weighted by atomic mass is 32.2. The summed E-state index contributed by atoms with van der Waals surface area (Å²) in [5.74, 6) is -0.324. The summed E-state index contributed by atoms with van der Waals surface area (Å²) in [6.45, 7) is 5.13. The lowest BCUT2D eigenvalue weighted by atomic mass is 10.4. The van der Waals surface area contributed by atoms with E-state index in [4.69, 9.17) is 4.74 Å². The van der Waals surface area contributed by atoms with E-state index in [9.17, 15) is 13.2 Å². The van der Waals surface area contributed by atoms with Crippen LogP contribution in [-0.2, 0) is 23.8 Å². The summed E-state index contributed by atoms with van der Waals surface area (Å²) < 4.78 is 35.4. The van der Waals surface area contributed by atoms with Crippen LogP contribution in [0.3, 0.4) is 0 Å². The van der Waals surface area contributed by atoms with Gasteiger partial charge in [-0.2, -0.15) is 8.42 Å². The van der Waals surface area contributed by atoms with E-state index in [1.807, 2.05) is 0 Å². The van der Waals surface area contributed by atoms with E-state index in [-0.39, 0.29) is 19.0 Å². The van der Waals surface area contributed by atoms with Crippen molar-refractivity contribution >= 4 is 16.3 Å². The Kier molecular flexibility index (Phi) is 3.70. The quantitative estimate of drug-likeness (QED) is 0.402. The molecule has 1 rings (SSSR count). The van der Waals surface area contributed by atoms with E-state index in [0.717, 1.165) is 0 Å². The van der Waals surface area contributed by atoms with Crippen molar-refractivity contribution in [3.63, 3.8) is 0 Å². The summed E-state index contributed by atoms with van der Waals surface area (Å²) in [5, 5.41) is 0. The molecule has 1 aliphatic heterocycles. The number of carbonyl (C=O) groups excluding carboxylic acids is 1. The van der Waals surface area contributed by atoms with Gasteiger partial charge in [-0.15, -0.1) is 0 Å². The van der Waals surface area contributed by atoms with Crippen LogP contribution in [0.2, 0.25) is 0 Å². The molecule has 15 heavy (non-hydrogen) atoms. The number of hydrogen-bond donors (Lipinski definition) is 0. The lowest BCUT2D eigenvalue weighted by Gasteiger charge is -2.08. The molecule has 0 radical (unpaired) electrons. The molecule has 0 spiro atoms. The minimum atomic E-state index is -3.52. The summed E-state index contributed by atoms with van der Waals surface area (Å²) in [6, 6.07) is 0. The van der Waals surface area contributed by atoms with Crippen molar-refractivity contribution in [2.75, 3.05) is 19.0 Å². The lowest BCUT2D eigenvalue weighted by molar-refractivity contribution is 0.0285. The highest BCUT2D eigenvalue weighted by Crippen LogP contribution is 2.12. The van der Waals surface area contributed by atoms with Gasteiger partial charge >= 0.3 is 6.16 Å². The van der Waals surface area contributed by atoms with Crippen LogP contribution in [0.15, 0.2) is 12.2 Å². The summed E-state index contributed by atoms with van der Waals surface area (Å²) in [4.78, 5) is 11.0. The van der Waals surface area contributed by atoms with Crippen molar-refractivity contribution < 1.29 is 26.9 Å². The van der Waals surface area contributed by atoms with Gasteiger partial charge < -0.3 is 9.47 Å². The van der Waals surface area contributed by atoms with Gasteiger partial charge in [-0.25, -0.2) is 4.79 Å². The summed E-state index contributed by atoms with van der Waals surface area (Å²) in [5.41, 5.74) is 0.669. The van der Waals surface area contributed by atoms with Crippen LogP contribution < -0.4 is 0 Å². The first-order valence-electron chi connectivity index (χ1n) is 4.24. The number of hydrogen-bond acceptors (Lipinski definition) is 6. The Labute approximate surface area is 87.9 Å². The van der Waals surface area contributed by atoms with Crippen LogP contribution in [0, 0.1) is 0 Å². The van der Waals surface area contributed by atoms with Crippen LogP contribution in [0.25, 0.3) is 0 Å². The molecular weight excluding hydrogens is 224 g/mol. The zero-order valence-corrected chi connectivity index (χ0v) is 9.08. The number of carbonyl (C=O) groups is 1. The van der Waals surface area contributed by atoms with Gasteiger partial charge in [0.15, 0.2) is 0 Å². The van der Waals surface area contributed by atoms with E-state index in [0.29, 0.717) is 5.57 Å². The molecule has 1 atom stereocenters. The molecule has 0 N–H and O–H groups in total. The third-order valence-corrected chi connectivity index (χ3v) is 2.80. The fraction of sp³-hybridized carbons (Fsp3) is 0.625. The smallest absolute Gasteiger partial charge is 0.430 e. The highest BCUT2D eigenvalue weighted by molar-refractivity contribution is 7.87. The summed E-state index contributed by atoms with van der Waals surface area (Å²) in [6.07, 6.45) is -1.70. The molecule has 0 bridgehead atoms. The van der Waals surface area contributed by atoms with Gasteiger partial charge in [-0.3, -0.25) is 4.18 Å². The fourth-order valence-electron chi connectivity index (χ4n) is 0.924. The Morgan fingerprint density at radius 1 is 1.60 bits per heavy atom. The largest absolute Gasteiger partial charge is 0.508 e. The van der Waals surface area contributed by atoms with E-state index in [1.54, 1.807) is 6.92 Å². The molecule has 1 aliphatic rings. The molecule has 0 saturated carbocycles.